The van der Waals surface area contributed by atoms with Crippen LogP contribution in [0.3, 0.4) is 0 Å². The lowest BCUT2D eigenvalue weighted by molar-refractivity contribution is -0.384. The Morgan fingerprint density at radius 2 is 1.88 bits per heavy atom. The number of nitro benzene ring substituents is 1. The van der Waals surface area contributed by atoms with Gasteiger partial charge in [-0.3, -0.25) is 14.9 Å². The van der Waals surface area contributed by atoms with E-state index in [-0.39, 0.29) is 17.6 Å². The van der Waals surface area contributed by atoms with Crippen LogP contribution in [0, 0.1) is 10.1 Å². The summed E-state index contributed by atoms with van der Waals surface area (Å²) in [4.78, 5) is 24.6. The quantitative estimate of drug-likeness (QED) is 0.332. The number of benzene rings is 2. The molecule has 0 aliphatic heterocycles. The Bertz CT molecular complexity index is 762. The Morgan fingerprint density at radius 1 is 1.19 bits per heavy atom. The van der Waals surface area contributed by atoms with Crippen molar-refractivity contribution in [2.75, 3.05) is 7.05 Å². The maximum atomic E-state index is 12.4. The molecule has 0 fully saturated rings. The van der Waals surface area contributed by atoms with Gasteiger partial charge in [-0.05, 0) is 49.4 Å². The number of hydrogen-bond acceptors (Lipinski definition) is 3. The van der Waals surface area contributed by atoms with E-state index in [1.807, 2.05) is 25.1 Å². The molecule has 0 saturated carbocycles. The van der Waals surface area contributed by atoms with Crippen LogP contribution in [0.25, 0.3) is 0 Å². The molecule has 1 atom stereocenters. The summed E-state index contributed by atoms with van der Waals surface area (Å²) < 4.78 is 1.06. The van der Waals surface area contributed by atoms with Gasteiger partial charge in [-0.15, -0.1) is 0 Å². The molecule has 0 aliphatic rings. The molecular formula is C20H23BrN2O3. The predicted octanol–water partition coefficient (Wildman–Crippen LogP) is 5.29. The fourth-order valence-electron chi connectivity index (χ4n) is 2.77. The average molecular weight is 419 g/mol. The first kappa shape index (κ1) is 20.1. The molecule has 6 heteroatoms. The van der Waals surface area contributed by atoms with E-state index in [0.717, 1.165) is 29.3 Å². The molecule has 0 aromatic heterocycles. The minimum atomic E-state index is -0.417. The maximum Gasteiger partial charge on any atom is 0.269 e. The SMILES string of the molecule is CC(c1cccc([N+](=O)[O-])c1)N(C)C(=O)CCCCc1ccc(Br)cc1. The van der Waals surface area contributed by atoms with Crippen molar-refractivity contribution in [3.8, 4) is 0 Å². The number of halogens is 1. The van der Waals surface area contributed by atoms with Crippen LogP contribution >= 0.6 is 15.9 Å². The molecule has 2 aromatic rings. The largest absolute Gasteiger partial charge is 0.339 e. The Labute approximate surface area is 162 Å². The van der Waals surface area contributed by atoms with E-state index in [1.54, 1.807) is 18.0 Å². The highest BCUT2D eigenvalue weighted by atomic mass is 79.9. The molecule has 0 bridgehead atoms. The number of amides is 1. The third kappa shape index (κ3) is 5.66. The number of carbonyl (C=O) groups excluding carboxylic acids is 1. The van der Waals surface area contributed by atoms with Gasteiger partial charge in [-0.1, -0.05) is 40.2 Å². The number of hydrogen-bond donors (Lipinski definition) is 0. The van der Waals surface area contributed by atoms with Gasteiger partial charge in [-0.2, -0.15) is 0 Å². The highest BCUT2D eigenvalue weighted by Crippen LogP contribution is 2.24. The van der Waals surface area contributed by atoms with Crippen LogP contribution in [0.4, 0.5) is 5.69 Å². The third-order valence-electron chi connectivity index (χ3n) is 4.56. The zero-order valence-electron chi connectivity index (χ0n) is 15.0. The first-order valence-corrected chi connectivity index (χ1v) is 9.42. The first-order chi connectivity index (χ1) is 12.4. The molecule has 2 rings (SSSR count). The van der Waals surface area contributed by atoms with Crippen LogP contribution in [-0.2, 0) is 11.2 Å². The molecular weight excluding hydrogens is 396 g/mol. The lowest BCUT2D eigenvalue weighted by Gasteiger charge is -2.25. The molecule has 26 heavy (non-hydrogen) atoms. The van der Waals surface area contributed by atoms with Crippen LogP contribution in [0.2, 0.25) is 0 Å². The molecule has 0 radical (unpaired) electrons. The zero-order valence-corrected chi connectivity index (χ0v) is 16.6. The molecule has 0 saturated heterocycles. The molecule has 2 aromatic carbocycles. The fourth-order valence-corrected chi connectivity index (χ4v) is 3.03. The number of nitro groups is 1. The van der Waals surface area contributed by atoms with E-state index in [0.29, 0.717) is 6.42 Å². The Hall–Kier alpha value is -2.21. The van der Waals surface area contributed by atoms with Crippen LogP contribution in [0.15, 0.2) is 53.0 Å². The van der Waals surface area contributed by atoms with E-state index in [1.165, 1.54) is 17.7 Å². The molecule has 0 heterocycles. The Morgan fingerprint density at radius 3 is 2.54 bits per heavy atom. The number of aryl methyl sites for hydroxylation is 1. The van der Waals surface area contributed by atoms with Gasteiger partial charge in [-0.25, -0.2) is 0 Å². The van der Waals surface area contributed by atoms with Gasteiger partial charge in [0.1, 0.15) is 0 Å². The normalized spacial score (nSPS) is 11.8. The highest BCUT2D eigenvalue weighted by Gasteiger charge is 2.18. The standard InChI is InChI=1S/C20H23BrN2O3/c1-15(17-7-5-8-19(14-17)23(25)26)22(2)20(24)9-4-3-6-16-10-12-18(21)13-11-16/h5,7-8,10-15H,3-4,6,9H2,1-2H3. The van der Waals surface area contributed by atoms with Crippen LogP contribution in [-0.4, -0.2) is 22.8 Å². The zero-order chi connectivity index (χ0) is 19.1. The summed E-state index contributed by atoms with van der Waals surface area (Å²) in [6.07, 6.45) is 3.20. The minimum Gasteiger partial charge on any atom is -0.339 e. The van der Waals surface area contributed by atoms with Gasteiger partial charge in [0.15, 0.2) is 0 Å². The molecule has 0 spiro atoms. The topological polar surface area (TPSA) is 63.5 Å². The van der Waals surface area contributed by atoms with Gasteiger partial charge >= 0.3 is 0 Å². The van der Waals surface area contributed by atoms with Gasteiger partial charge in [0, 0.05) is 30.1 Å². The average Bonchev–Trinajstić information content (AvgIpc) is 2.65. The van der Waals surface area contributed by atoms with Crippen molar-refractivity contribution >= 4 is 27.5 Å². The van der Waals surface area contributed by atoms with Crippen molar-refractivity contribution in [1.82, 2.24) is 4.90 Å². The van der Waals surface area contributed by atoms with Crippen molar-refractivity contribution in [2.24, 2.45) is 0 Å². The summed E-state index contributed by atoms with van der Waals surface area (Å²) in [5.74, 6) is 0.0554. The molecule has 1 unspecified atom stereocenters. The smallest absolute Gasteiger partial charge is 0.269 e. The second-order valence-corrected chi connectivity index (χ2v) is 7.28. The van der Waals surface area contributed by atoms with Crippen molar-refractivity contribution in [3.05, 3.63) is 74.2 Å². The summed E-state index contributed by atoms with van der Waals surface area (Å²) in [5.41, 5.74) is 2.08. The molecule has 5 nitrogen and oxygen atoms in total. The van der Waals surface area contributed by atoms with E-state index in [9.17, 15) is 14.9 Å². The lowest BCUT2D eigenvalue weighted by Crippen LogP contribution is -2.29. The monoisotopic (exact) mass is 418 g/mol. The molecule has 0 N–H and O–H groups in total. The summed E-state index contributed by atoms with van der Waals surface area (Å²) in [6, 6.07) is 14.5. The molecule has 138 valence electrons. The minimum absolute atomic E-state index is 0.0460. The number of non-ortho nitro benzene ring substituents is 1. The number of rotatable bonds is 8. The maximum absolute atomic E-state index is 12.4. The van der Waals surface area contributed by atoms with Gasteiger partial charge in [0.25, 0.3) is 5.69 Å². The van der Waals surface area contributed by atoms with Crippen molar-refractivity contribution in [1.29, 1.82) is 0 Å². The van der Waals surface area contributed by atoms with Gasteiger partial charge in [0.2, 0.25) is 5.91 Å². The number of nitrogens with zero attached hydrogens (tertiary/aromatic N) is 2. The summed E-state index contributed by atoms with van der Waals surface area (Å²) in [7, 11) is 1.75. The molecule has 1 amide bonds. The molecule has 0 aliphatic carbocycles. The summed E-state index contributed by atoms with van der Waals surface area (Å²) in [5, 5.41) is 10.9. The lowest BCUT2D eigenvalue weighted by atomic mass is 10.0. The number of unbranched alkanes of at least 4 members (excludes halogenated alkanes) is 1. The van der Waals surface area contributed by atoms with E-state index in [2.05, 4.69) is 28.1 Å². The fraction of sp³-hybridized carbons (Fsp3) is 0.350. The first-order valence-electron chi connectivity index (χ1n) is 8.63. The van der Waals surface area contributed by atoms with Crippen molar-refractivity contribution < 1.29 is 9.72 Å². The summed E-state index contributed by atoms with van der Waals surface area (Å²) in [6.45, 7) is 1.89. The third-order valence-corrected chi connectivity index (χ3v) is 5.09. The van der Waals surface area contributed by atoms with Gasteiger partial charge in [0.05, 0.1) is 11.0 Å². The van der Waals surface area contributed by atoms with E-state index >= 15 is 0 Å². The summed E-state index contributed by atoms with van der Waals surface area (Å²) >= 11 is 3.42. The van der Waals surface area contributed by atoms with E-state index < -0.39 is 4.92 Å². The number of carbonyl (C=O) groups is 1. The Kier molecular flexibility index (Phi) is 7.33. The van der Waals surface area contributed by atoms with Crippen LogP contribution in [0.1, 0.15) is 43.4 Å². The van der Waals surface area contributed by atoms with Crippen molar-refractivity contribution in [2.45, 2.75) is 38.6 Å². The predicted molar refractivity (Wildman–Crippen MR) is 106 cm³/mol. The second kappa shape index (κ2) is 9.48. The Balaban J connectivity index is 1.83. The highest BCUT2D eigenvalue weighted by molar-refractivity contribution is 9.10. The van der Waals surface area contributed by atoms with Crippen LogP contribution < -0.4 is 0 Å². The second-order valence-electron chi connectivity index (χ2n) is 6.37. The van der Waals surface area contributed by atoms with Gasteiger partial charge < -0.3 is 4.90 Å². The van der Waals surface area contributed by atoms with Crippen LogP contribution in [0.5, 0.6) is 0 Å². The van der Waals surface area contributed by atoms with E-state index in [4.69, 9.17) is 0 Å². The van der Waals surface area contributed by atoms with Crippen molar-refractivity contribution in [3.63, 3.8) is 0 Å².